The molecule has 0 fully saturated rings. The number of halogens is 1. The van der Waals surface area contributed by atoms with Crippen molar-refractivity contribution in [1.29, 1.82) is 0 Å². The molecule has 0 spiro atoms. The summed E-state index contributed by atoms with van der Waals surface area (Å²) >= 11 is 5.88. The van der Waals surface area contributed by atoms with Crippen molar-refractivity contribution in [3.63, 3.8) is 0 Å². The molecule has 3 unspecified atom stereocenters. The van der Waals surface area contributed by atoms with E-state index in [1.807, 2.05) is 26.1 Å². The average Bonchev–Trinajstić information content (AvgIpc) is 2.27. The van der Waals surface area contributed by atoms with Gasteiger partial charge in [-0.25, -0.2) is 0 Å². The molecule has 0 heterocycles. The molecular formula is C12H18ClNOS. The van der Waals surface area contributed by atoms with Gasteiger partial charge in [0.15, 0.2) is 0 Å². The van der Waals surface area contributed by atoms with Crippen molar-refractivity contribution < 1.29 is 4.21 Å². The van der Waals surface area contributed by atoms with Gasteiger partial charge in [-0.2, -0.15) is 0 Å². The van der Waals surface area contributed by atoms with Gasteiger partial charge in [-0.15, -0.1) is 0 Å². The van der Waals surface area contributed by atoms with Crippen molar-refractivity contribution in [3.8, 4) is 0 Å². The van der Waals surface area contributed by atoms with Crippen molar-refractivity contribution in [2.24, 2.45) is 0 Å². The van der Waals surface area contributed by atoms with Crippen LogP contribution in [0.5, 0.6) is 0 Å². The molecule has 1 aromatic carbocycles. The van der Waals surface area contributed by atoms with E-state index in [-0.39, 0.29) is 5.25 Å². The zero-order valence-corrected chi connectivity index (χ0v) is 11.4. The third kappa shape index (κ3) is 3.89. The quantitative estimate of drug-likeness (QED) is 0.881. The second-order valence-electron chi connectivity index (χ2n) is 3.99. The molecule has 1 rings (SSSR count). The van der Waals surface area contributed by atoms with Crippen LogP contribution >= 0.6 is 11.6 Å². The minimum atomic E-state index is -0.985. The maximum absolute atomic E-state index is 12.2. The van der Waals surface area contributed by atoms with Gasteiger partial charge in [0.05, 0.1) is 10.8 Å². The van der Waals surface area contributed by atoms with Crippen LogP contribution in [0.1, 0.15) is 20.3 Å². The summed E-state index contributed by atoms with van der Waals surface area (Å²) < 4.78 is 12.2. The van der Waals surface area contributed by atoms with E-state index in [1.165, 1.54) is 0 Å². The molecule has 4 heteroatoms. The lowest BCUT2D eigenvalue weighted by molar-refractivity contribution is 0.554. The molecule has 3 atom stereocenters. The molecule has 0 aliphatic rings. The summed E-state index contributed by atoms with van der Waals surface area (Å²) in [6.45, 7) is 4.09. The normalized spacial score (nSPS) is 16.8. The molecule has 16 heavy (non-hydrogen) atoms. The summed E-state index contributed by atoms with van der Waals surface area (Å²) in [7, 11) is 0.931. The monoisotopic (exact) mass is 259 g/mol. The summed E-state index contributed by atoms with van der Waals surface area (Å²) in [5.41, 5.74) is 0. The zero-order valence-electron chi connectivity index (χ0n) is 9.87. The Kier molecular flexibility index (Phi) is 5.46. The lowest BCUT2D eigenvalue weighted by Gasteiger charge is -2.16. The van der Waals surface area contributed by atoms with Crippen molar-refractivity contribution in [2.45, 2.75) is 36.5 Å². The van der Waals surface area contributed by atoms with Crippen molar-refractivity contribution in [3.05, 3.63) is 29.3 Å². The molecule has 0 aliphatic heterocycles. The van der Waals surface area contributed by atoms with Crippen molar-refractivity contribution >= 4 is 22.4 Å². The number of hydrogen-bond donors (Lipinski definition) is 1. The fourth-order valence-corrected chi connectivity index (χ4v) is 3.17. The lowest BCUT2D eigenvalue weighted by atomic mass is 10.2. The third-order valence-corrected chi connectivity index (χ3v) is 4.45. The predicted molar refractivity (Wildman–Crippen MR) is 70.5 cm³/mol. The highest BCUT2D eigenvalue weighted by Gasteiger charge is 2.15. The fraction of sp³-hybridized carbons (Fsp3) is 0.500. The van der Waals surface area contributed by atoms with Crippen LogP contribution in [-0.4, -0.2) is 22.5 Å². The maximum atomic E-state index is 12.2. The van der Waals surface area contributed by atoms with Crippen LogP contribution in [-0.2, 0) is 10.8 Å². The Morgan fingerprint density at radius 3 is 2.69 bits per heavy atom. The van der Waals surface area contributed by atoms with Gasteiger partial charge >= 0.3 is 0 Å². The van der Waals surface area contributed by atoms with Crippen LogP contribution in [0, 0.1) is 0 Å². The van der Waals surface area contributed by atoms with Gasteiger partial charge in [0.2, 0.25) is 0 Å². The minimum absolute atomic E-state index is 0.126. The first-order valence-corrected chi connectivity index (χ1v) is 6.97. The Labute approximate surface area is 105 Å². The molecule has 0 radical (unpaired) electrons. The van der Waals surface area contributed by atoms with E-state index in [0.29, 0.717) is 11.1 Å². The third-order valence-electron chi connectivity index (χ3n) is 2.57. The Hall–Kier alpha value is -0.380. The Morgan fingerprint density at radius 1 is 1.44 bits per heavy atom. The molecule has 1 aromatic rings. The van der Waals surface area contributed by atoms with E-state index in [9.17, 15) is 4.21 Å². The molecule has 0 bridgehead atoms. The van der Waals surface area contributed by atoms with Gasteiger partial charge in [-0.1, -0.05) is 24.6 Å². The van der Waals surface area contributed by atoms with Crippen LogP contribution in [0.4, 0.5) is 0 Å². The smallest absolute Gasteiger partial charge is 0.0559 e. The number of benzene rings is 1. The van der Waals surface area contributed by atoms with Crippen molar-refractivity contribution in [1.82, 2.24) is 5.32 Å². The van der Waals surface area contributed by atoms with E-state index in [2.05, 4.69) is 12.2 Å². The highest BCUT2D eigenvalue weighted by atomic mass is 35.5. The molecule has 2 nitrogen and oxygen atoms in total. The van der Waals surface area contributed by atoms with Crippen LogP contribution < -0.4 is 5.32 Å². The standard InChI is InChI=1S/C12H18ClNOS/c1-9(14-3)7-10(2)16(15)12-6-4-5-11(13)8-12/h4-6,8-10,14H,7H2,1-3H3. The Morgan fingerprint density at radius 2 is 2.12 bits per heavy atom. The van der Waals surface area contributed by atoms with E-state index in [1.54, 1.807) is 12.1 Å². The number of rotatable bonds is 5. The van der Waals surface area contributed by atoms with Gasteiger partial charge in [0, 0.05) is 21.2 Å². The second-order valence-corrected chi connectivity index (χ2v) is 6.30. The number of hydrogen-bond acceptors (Lipinski definition) is 2. The summed E-state index contributed by atoms with van der Waals surface area (Å²) in [6.07, 6.45) is 0.885. The van der Waals surface area contributed by atoms with Gasteiger partial charge in [0.25, 0.3) is 0 Å². The average molecular weight is 260 g/mol. The molecule has 0 aliphatic carbocycles. The first kappa shape index (κ1) is 13.7. The molecule has 0 saturated carbocycles. The highest BCUT2D eigenvalue weighted by Crippen LogP contribution is 2.18. The van der Waals surface area contributed by atoms with Crippen LogP contribution in [0.3, 0.4) is 0 Å². The SMILES string of the molecule is CNC(C)CC(C)S(=O)c1cccc(Cl)c1. The fourth-order valence-electron chi connectivity index (χ4n) is 1.53. The largest absolute Gasteiger partial charge is 0.317 e. The zero-order chi connectivity index (χ0) is 12.1. The van der Waals surface area contributed by atoms with Crippen molar-refractivity contribution in [2.75, 3.05) is 7.05 Å². The van der Waals surface area contributed by atoms with Crippen LogP contribution in [0.2, 0.25) is 5.02 Å². The summed E-state index contributed by atoms with van der Waals surface area (Å²) in [6, 6.07) is 7.64. The molecular weight excluding hydrogens is 242 g/mol. The maximum Gasteiger partial charge on any atom is 0.0559 e. The summed E-state index contributed by atoms with van der Waals surface area (Å²) in [5, 5.41) is 3.92. The van der Waals surface area contributed by atoms with Gasteiger partial charge in [-0.05, 0) is 38.6 Å². The van der Waals surface area contributed by atoms with Gasteiger partial charge in [-0.3, -0.25) is 4.21 Å². The van der Waals surface area contributed by atoms with E-state index in [0.717, 1.165) is 11.3 Å². The first-order chi connectivity index (χ1) is 7.54. The topological polar surface area (TPSA) is 29.1 Å². The van der Waals surface area contributed by atoms with Crippen LogP contribution in [0.15, 0.2) is 29.2 Å². The molecule has 90 valence electrons. The predicted octanol–water partition coefficient (Wildman–Crippen LogP) is 2.83. The molecule has 0 saturated heterocycles. The van der Waals surface area contributed by atoms with E-state index >= 15 is 0 Å². The second kappa shape index (κ2) is 6.38. The Bertz CT molecular complexity index is 370. The first-order valence-electron chi connectivity index (χ1n) is 5.38. The minimum Gasteiger partial charge on any atom is -0.317 e. The molecule has 0 amide bonds. The van der Waals surface area contributed by atoms with Gasteiger partial charge in [0.1, 0.15) is 0 Å². The molecule has 1 N–H and O–H groups in total. The lowest BCUT2D eigenvalue weighted by Crippen LogP contribution is -2.27. The van der Waals surface area contributed by atoms with Gasteiger partial charge < -0.3 is 5.32 Å². The van der Waals surface area contributed by atoms with E-state index < -0.39 is 10.8 Å². The van der Waals surface area contributed by atoms with E-state index in [4.69, 9.17) is 11.6 Å². The molecule has 0 aromatic heterocycles. The number of nitrogens with one attached hydrogen (secondary N) is 1. The highest BCUT2D eigenvalue weighted by molar-refractivity contribution is 7.85. The summed E-state index contributed by atoms with van der Waals surface area (Å²) in [4.78, 5) is 0.809. The van der Waals surface area contributed by atoms with Crippen LogP contribution in [0.25, 0.3) is 0 Å². The Balaban J connectivity index is 2.70. The summed E-state index contributed by atoms with van der Waals surface area (Å²) in [5.74, 6) is 0.